The fourth-order valence-corrected chi connectivity index (χ4v) is 3.76. The quantitative estimate of drug-likeness (QED) is 0.476. The van der Waals surface area contributed by atoms with Crippen molar-refractivity contribution in [2.45, 2.75) is 6.92 Å². The summed E-state index contributed by atoms with van der Waals surface area (Å²) in [4.78, 5) is 26.8. The molecule has 0 fully saturated rings. The minimum Gasteiger partial charge on any atom is -0.289 e. The van der Waals surface area contributed by atoms with Gasteiger partial charge in [0.15, 0.2) is 5.78 Å². The number of nitrogens with zero attached hydrogens (tertiary/aromatic N) is 2. The molecule has 1 aromatic heterocycles. The Morgan fingerprint density at radius 1 is 0.733 bits per heavy atom. The molecule has 1 heterocycles. The van der Waals surface area contributed by atoms with Gasteiger partial charge in [0.25, 0.3) is 0 Å². The predicted molar refractivity (Wildman–Crippen MR) is 117 cm³/mol. The van der Waals surface area contributed by atoms with Crippen LogP contribution in [-0.4, -0.2) is 21.3 Å². The first-order valence-corrected chi connectivity index (χ1v) is 9.75. The van der Waals surface area contributed by atoms with E-state index in [4.69, 9.17) is 5.10 Å². The maximum absolute atomic E-state index is 13.6. The molecule has 0 bridgehead atoms. The molecule has 0 saturated heterocycles. The lowest BCUT2D eigenvalue weighted by atomic mass is 9.88. The van der Waals surface area contributed by atoms with Crippen LogP contribution in [-0.2, 0) is 0 Å². The zero-order chi connectivity index (χ0) is 20.7. The standard InChI is InChI=1S/C26H18N2O2/c1-17-12-14-18(15-13-17)21-16-22(29)23-24(19-8-4-2-5-9-19)27-28(25(23)26(21)30)20-10-6-3-7-11-20/h2-16H,1H3. The van der Waals surface area contributed by atoms with E-state index in [-0.39, 0.29) is 11.6 Å². The number of hydrogen-bond donors (Lipinski definition) is 0. The van der Waals surface area contributed by atoms with Crippen LogP contribution in [0.4, 0.5) is 0 Å². The number of fused-ring (bicyclic) bond motifs is 1. The molecule has 30 heavy (non-hydrogen) atoms. The molecular weight excluding hydrogens is 372 g/mol. The highest BCUT2D eigenvalue weighted by atomic mass is 16.1. The van der Waals surface area contributed by atoms with Gasteiger partial charge in [-0.15, -0.1) is 0 Å². The second-order valence-electron chi connectivity index (χ2n) is 7.30. The van der Waals surface area contributed by atoms with Crippen LogP contribution in [0, 0.1) is 6.92 Å². The first kappa shape index (κ1) is 18.0. The van der Waals surface area contributed by atoms with Gasteiger partial charge < -0.3 is 0 Å². The summed E-state index contributed by atoms with van der Waals surface area (Å²) in [6.45, 7) is 1.99. The van der Waals surface area contributed by atoms with Crippen molar-refractivity contribution in [2.24, 2.45) is 0 Å². The number of aromatic nitrogens is 2. The van der Waals surface area contributed by atoms with E-state index in [1.54, 1.807) is 4.68 Å². The molecule has 0 atom stereocenters. The SMILES string of the molecule is Cc1ccc(C2=CC(=O)c3c(-c4ccccc4)nn(-c4ccccc4)c3C2=O)cc1. The summed E-state index contributed by atoms with van der Waals surface area (Å²) in [5.41, 5.74) is 4.94. The summed E-state index contributed by atoms with van der Waals surface area (Å²) in [6.07, 6.45) is 1.44. The van der Waals surface area contributed by atoms with E-state index in [9.17, 15) is 9.59 Å². The molecule has 4 aromatic rings. The third kappa shape index (κ3) is 2.90. The Morgan fingerprint density at radius 3 is 2.03 bits per heavy atom. The fourth-order valence-electron chi connectivity index (χ4n) is 3.76. The zero-order valence-corrected chi connectivity index (χ0v) is 16.4. The minimum atomic E-state index is -0.207. The lowest BCUT2D eigenvalue weighted by Gasteiger charge is -2.15. The lowest BCUT2D eigenvalue weighted by molar-refractivity contribution is 0.0998. The molecule has 0 aliphatic heterocycles. The summed E-state index contributed by atoms with van der Waals surface area (Å²) in [7, 11) is 0. The summed E-state index contributed by atoms with van der Waals surface area (Å²) in [5, 5.41) is 4.72. The van der Waals surface area contributed by atoms with Crippen LogP contribution in [0.2, 0.25) is 0 Å². The van der Waals surface area contributed by atoms with Gasteiger partial charge in [0.05, 0.1) is 11.3 Å². The number of rotatable bonds is 3. The summed E-state index contributed by atoms with van der Waals surface area (Å²) < 4.78 is 1.60. The highest BCUT2D eigenvalue weighted by molar-refractivity contribution is 6.39. The summed E-state index contributed by atoms with van der Waals surface area (Å²) in [6, 6.07) is 26.6. The van der Waals surface area contributed by atoms with Gasteiger partial charge in [0.1, 0.15) is 11.4 Å². The van der Waals surface area contributed by atoms with E-state index in [1.807, 2.05) is 91.9 Å². The van der Waals surface area contributed by atoms with Crippen molar-refractivity contribution in [3.63, 3.8) is 0 Å². The van der Waals surface area contributed by atoms with E-state index < -0.39 is 0 Å². The molecule has 0 radical (unpaired) electrons. The number of benzene rings is 3. The number of carbonyl (C=O) groups is 2. The highest BCUT2D eigenvalue weighted by Gasteiger charge is 2.35. The Balaban J connectivity index is 1.75. The Kier molecular flexibility index (Phi) is 4.25. The molecule has 1 aliphatic carbocycles. The van der Waals surface area contributed by atoms with Crippen LogP contribution in [0.3, 0.4) is 0 Å². The van der Waals surface area contributed by atoms with Gasteiger partial charge in [-0.2, -0.15) is 5.10 Å². The Bertz CT molecular complexity index is 1300. The number of ketones is 2. The number of Topliss-reactive ketones (excluding diaryl/α,β-unsaturated/α-hetero) is 1. The molecule has 4 heteroatoms. The zero-order valence-electron chi connectivity index (χ0n) is 16.4. The van der Waals surface area contributed by atoms with Crippen molar-refractivity contribution in [3.8, 4) is 16.9 Å². The Labute approximate surface area is 174 Å². The fraction of sp³-hybridized carbons (Fsp3) is 0.0385. The average Bonchev–Trinajstić information content (AvgIpc) is 3.20. The van der Waals surface area contributed by atoms with Gasteiger partial charge in [-0.25, -0.2) is 4.68 Å². The maximum Gasteiger partial charge on any atom is 0.213 e. The Hall–Kier alpha value is -4.05. The largest absolute Gasteiger partial charge is 0.289 e. The van der Waals surface area contributed by atoms with E-state index in [0.717, 1.165) is 22.4 Å². The van der Waals surface area contributed by atoms with Crippen LogP contribution in [0.5, 0.6) is 0 Å². The molecule has 3 aromatic carbocycles. The van der Waals surface area contributed by atoms with Crippen molar-refractivity contribution >= 4 is 17.1 Å². The number of para-hydroxylation sites is 1. The normalized spacial score (nSPS) is 13.2. The molecule has 4 nitrogen and oxygen atoms in total. The van der Waals surface area contributed by atoms with Crippen molar-refractivity contribution in [1.82, 2.24) is 9.78 Å². The van der Waals surface area contributed by atoms with Gasteiger partial charge >= 0.3 is 0 Å². The monoisotopic (exact) mass is 390 g/mol. The third-order valence-corrected chi connectivity index (χ3v) is 5.28. The van der Waals surface area contributed by atoms with Gasteiger partial charge in [0, 0.05) is 11.1 Å². The molecule has 0 N–H and O–H groups in total. The highest BCUT2D eigenvalue weighted by Crippen LogP contribution is 2.35. The molecule has 0 unspecified atom stereocenters. The van der Waals surface area contributed by atoms with E-state index >= 15 is 0 Å². The number of hydrogen-bond acceptors (Lipinski definition) is 3. The molecule has 0 saturated carbocycles. The van der Waals surface area contributed by atoms with E-state index in [1.165, 1.54) is 6.08 Å². The molecular formula is C26H18N2O2. The van der Waals surface area contributed by atoms with Crippen molar-refractivity contribution in [1.29, 1.82) is 0 Å². The number of carbonyl (C=O) groups excluding carboxylic acids is 2. The minimum absolute atomic E-state index is 0.202. The second-order valence-corrected chi connectivity index (χ2v) is 7.30. The van der Waals surface area contributed by atoms with Gasteiger partial charge in [-0.1, -0.05) is 78.4 Å². The molecule has 1 aliphatic rings. The van der Waals surface area contributed by atoms with Crippen molar-refractivity contribution in [3.05, 3.63) is 113 Å². The number of aryl methyl sites for hydroxylation is 1. The molecule has 0 spiro atoms. The smallest absolute Gasteiger partial charge is 0.213 e. The van der Waals surface area contributed by atoms with Crippen LogP contribution in [0.1, 0.15) is 32.0 Å². The van der Waals surface area contributed by atoms with Crippen LogP contribution < -0.4 is 0 Å². The topological polar surface area (TPSA) is 52.0 Å². The van der Waals surface area contributed by atoms with E-state index in [2.05, 4.69) is 0 Å². The molecule has 144 valence electrons. The maximum atomic E-state index is 13.6. The third-order valence-electron chi connectivity index (χ3n) is 5.28. The van der Waals surface area contributed by atoms with Crippen molar-refractivity contribution < 1.29 is 9.59 Å². The Morgan fingerprint density at radius 2 is 1.37 bits per heavy atom. The van der Waals surface area contributed by atoms with Crippen LogP contribution >= 0.6 is 0 Å². The second kappa shape index (κ2) is 7.08. The first-order chi connectivity index (χ1) is 14.6. The average molecular weight is 390 g/mol. The first-order valence-electron chi connectivity index (χ1n) is 9.75. The summed E-state index contributed by atoms with van der Waals surface area (Å²) in [5.74, 6) is -0.409. The van der Waals surface area contributed by atoms with Crippen LogP contribution in [0.25, 0.3) is 22.5 Å². The van der Waals surface area contributed by atoms with Gasteiger partial charge in [0.2, 0.25) is 5.78 Å². The molecule has 5 rings (SSSR count). The number of allylic oxidation sites excluding steroid dienone is 2. The predicted octanol–water partition coefficient (Wildman–Crippen LogP) is 5.31. The lowest BCUT2D eigenvalue weighted by Crippen LogP contribution is -2.19. The van der Waals surface area contributed by atoms with E-state index in [0.29, 0.717) is 22.5 Å². The van der Waals surface area contributed by atoms with Gasteiger partial charge in [-0.05, 0) is 30.7 Å². The molecule has 0 amide bonds. The van der Waals surface area contributed by atoms with Crippen LogP contribution in [0.15, 0.2) is 91.0 Å². The van der Waals surface area contributed by atoms with Gasteiger partial charge in [-0.3, -0.25) is 9.59 Å². The van der Waals surface area contributed by atoms with Crippen molar-refractivity contribution in [2.75, 3.05) is 0 Å². The summed E-state index contributed by atoms with van der Waals surface area (Å²) >= 11 is 0.